The summed E-state index contributed by atoms with van der Waals surface area (Å²) >= 11 is 0. The average molecular weight is 289 g/mol. The third kappa shape index (κ3) is 2.88. The molecule has 21 heavy (non-hydrogen) atoms. The van der Waals surface area contributed by atoms with Crippen molar-refractivity contribution in [3.63, 3.8) is 0 Å². The predicted molar refractivity (Wildman–Crippen MR) is 83.0 cm³/mol. The SMILES string of the molecule is CCc1nn(C)cc1C(NC)c1c(OC)cccc1OC. The third-order valence-corrected chi connectivity index (χ3v) is 3.63. The number of benzene rings is 1. The average Bonchev–Trinajstić information content (AvgIpc) is 2.89. The fourth-order valence-corrected chi connectivity index (χ4v) is 2.69. The lowest BCUT2D eigenvalue weighted by atomic mass is 9.96. The van der Waals surface area contributed by atoms with Gasteiger partial charge in [-0.15, -0.1) is 0 Å². The molecule has 0 aliphatic carbocycles. The maximum absolute atomic E-state index is 5.53. The van der Waals surface area contributed by atoms with Crippen LogP contribution >= 0.6 is 0 Å². The summed E-state index contributed by atoms with van der Waals surface area (Å²) in [6.45, 7) is 2.11. The lowest BCUT2D eigenvalue weighted by molar-refractivity contribution is 0.378. The molecule has 2 rings (SSSR count). The van der Waals surface area contributed by atoms with Crippen LogP contribution in [0.4, 0.5) is 0 Å². The Kier molecular flexibility index (Phi) is 4.85. The largest absolute Gasteiger partial charge is 0.496 e. The fraction of sp³-hybridized carbons (Fsp3) is 0.438. The number of nitrogens with zero attached hydrogens (tertiary/aromatic N) is 2. The lowest BCUT2D eigenvalue weighted by Crippen LogP contribution is -2.20. The van der Waals surface area contributed by atoms with Crippen LogP contribution in [0.3, 0.4) is 0 Å². The minimum Gasteiger partial charge on any atom is -0.496 e. The van der Waals surface area contributed by atoms with Gasteiger partial charge in [-0.2, -0.15) is 5.10 Å². The molecule has 1 N–H and O–H groups in total. The highest BCUT2D eigenvalue weighted by atomic mass is 16.5. The molecule has 0 saturated carbocycles. The van der Waals surface area contributed by atoms with E-state index in [1.165, 1.54) is 0 Å². The Morgan fingerprint density at radius 2 is 1.86 bits per heavy atom. The van der Waals surface area contributed by atoms with Gasteiger partial charge in [0.25, 0.3) is 0 Å². The van der Waals surface area contributed by atoms with Gasteiger partial charge in [0.2, 0.25) is 0 Å². The zero-order valence-electron chi connectivity index (χ0n) is 13.3. The maximum atomic E-state index is 5.53. The van der Waals surface area contributed by atoms with Crippen molar-refractivity contribution in [2.24, 2.45) is 7.05 Å². The smallest absolute Gasteiger partial charge is 0.127 e. The van der Waals surface area contributed by atoms with Crippen LogP contribution in [-0.4, -0.2) is 31.0 Å². The van der Waals surface area contributed by atoms with Crippen molar-refractivity contribution in [1.82, 2.24) is 15.1 Å². The zero-order valence-corrected chi connectivity index (χ0v) is 13.3. The first-order valence-corrected chi connectivity index (χ1v) is 7.06. The predicted octanol–water partition coefficient (Wildman–Crippen LogP) is 2.31. The molecule has 114 valence electrons. The molecule has 0 saturated heterocycles. The molecule has 0 radical (unpaired) electrons. The second kappa shape index (κ2) is 6.63. The van der Waals surface area contributed by atoms with E-state index >= 15 is 0 Å². The van der Waals surface area contributed by atoms with Gasteiger partial charge in [0.05, 0.1) is 31.5 Å². The molecular weight excluding hydrogens is 266 g/mol. The normalized spacial score (nSPS) is 12.2. The summed E-state index contributed by atoms with van der Waals surface area (Å²) in [6.07, 6.45) is 2.93. The van der Waals surface area contributed by atoms with E-state index in [2.05, 4.69) is 17.3 Å². The summed E-state index contributed by atoms with van der Waals surface area (Å²) in [6, 6.07) is 5.80. The second-order valence-corrected chi connectivity index (χ2v) is 4.86. The summed E-state index contributed by atoms with van der Waals surface area (Å²) in [7, 11) is 7.22. The number of hydrogen-bond donors (Lipinski definition) is 1. The molecule has 1 aromatic heterocycles. The van der Waals surface area contributed by atoms with Crippen molar-refractivity contribution in [1.29, 1.82) is 0 Å². The first-order chi connectivity index (χ1) is 10.2. The number of ether oxygens (including phenoxy) is 2. The van der Waals surface area contributed by atoms with Crippen LogP contribution in [0.2, 0.25) is 0 Å². The zero-order chi connectivity index (χ0) is 15.4. The van der Waals surface area contributed by atoms with E-state index in [-0.39, 0.29) is 6.04 Å². The molecule has 1 atom stereocenters. The van der Waals surface area contributed by atoms with Gasteiger partial charge in [0.15, 0.2) is 0 Å². The van der Waals surface area contributed by atoms with E-state index in [0.717, 1.165) is 34.7 Å². The summed E-state index contributed by atoms with van der Waals surface area (Å²) < 4.78 is 12.9. The molecule has 0 bridgehead atoms. The standard InChI is InChI=1S/C16H23N3O2/c1-6-12-11(10-19(3)18-12)16(17-2)15-13(20-4)8-7-9-14(15)21-5/h7-10,16-17H,6H2,1-5H3. The van der Waals surface area contributed by atoms with Gasteiger partial charge in [-0.3, -0.25) is 4.68 Å². The van der Waals surface area contributed by atoms with E-state index in [1.54, 1.807) is 14.2 Å². The van der Waals surface area contributed by atoms with Crippen LogP contribution in [-0.2, 0) is 13.5 Å². The van der Waals surface area contributed by atoms with Crippen molar-refractivity contribution in [2.75, 3.05) is 21.3 Å². The van der Waals surface area contributed by atoms with Crippen molar-refractivity contribution in [3.05, 3.63) is 41.2 Å². The van der Waals surface area contributed by atoms with Gasteiger partial charge in [-0.25, -0.2) is 0 Å². The second-order valence-electron chi connectivity index (χ2n) is 4.86. The highest BCUT2D eigenvalue weighted by Crippen LogP contribution is 2.38. The van der Waals surface area contributed by atoms with Gasteiger partial charge in [-0.1, -0.05) is 13.0 Å². The van der Waals surface area contributed by atoms with Gasteiger partial charge in [0, 0.05) is 18.8 Å². The highest BCUT2D eigenvalue weighted by molar-refractivity contribution is 5.51. The van der Waals surface area contributed by atoms with Gasteiger partial charge < -0.3 is 14.8 Å². The van der Waals surface area contributed by atoms with Crippen LogP contribution in [0, 0.1) is 0 Å². The monoisotopic (exact) mass is 289 g/mol. The van der Waals surface area contributed by atoms with Crippen molar-refractivity contribution >= 4 is 0 Å². The van der Waals surface area contributed by atoms with Crippen LogP contribution in [0.25, 0.3) is 0 Å². The number of nitrogens with one attached hydrogen (secondary N) is 1. The Hall–Kier alpha value is -2.01. The van der Waals surface area contributed by atoms with Crippen molar-refractivity contribution in [2.45, 2.75) is 19.4 Å². The van der Waals surface area contributed by atoms with E-state index in [0.29, 0.717) is 0 Å². The van der Waals surface area contributed by atoms with Crippen LogP contribution in [0.5, 0.6) is 11.5 Å². The third-order valence-electron chi connectivity index (χ3n) is 3.63. The van der Waals surface area contributed by atoms with E-state index in [4.69, 9.17) is 9.47 Å². The van der Waals surface area contributed by atoms with E-state index in [9.17, 15) is 0 Å². The molecular formula is C16H23N3O2. The van der Waals surface area contributed by atoms with Gasteiger partial charge >= 0.3 is 0 Å². The molecule has 5 heteroatoms. The van der Waals surface area contributed by atoms with Gasteiger partial charge in [-0.05, 0) is 25.6 Å². The Labute approximate surface area is 125 Å². The first kappa shape index (κ1) is 15.4. The molecule has 0 aliphatic rings. The van der Waals surface area contributed by atoms with Crippen molar-refractivity contribution < 1.29 is 9.47 Å². The van der Waals surface area contributed by atoms with Crippen LogP contribution < -0.4 is 14.8 Å². The number of hydrogen-bond acceptors (Lipinski definition) is 4. The minimum atomic E-state index is -0.0280. The Bertz CT molecular complexity index is 585. The Morgan fingerprint density at radius 3 is 2.33 bits per heavy atom. The first-order valence-electron chi connectivity index (χ1n) is 7.06. The van der Waals surface area contributed by atoms with E-state index in [1.807, 2.05) is 43.2 Å². The maximum Gasteiger partial charge on any atom is 0.127 e. The lowest BCUT2D eigenvalue weighted by Gasteiger charge is -2.22. The Balaban J connectivity index is 2.60. The molecule has 0 spiro atoms. The number of aryl methyl sites for hydroxylation is 2. The quantitative estimate of drug-likeness (QED) is 0.886. The molecule has 0 fully saturated rings. The van der Waals surface area contributed by atoms with Gasteiger partial charge in [0.1, 0.15) is 11.5 Å². The number of methoxy groups -OCH3 is 2. The highest BCUT2D eigenvalue weighted by Gasteiger charge is 2.24. The van der Waals surface area contributed by atoms with E-state index < -0.39 is 0 Å². The summed E-state index contributed by atoms with van der Waals surface area (Å²) in [5.41, 5.74) is 3.21. The summed E-state index contributed by atoms with van der Waals surface area (Å²) in [5.74, 6) is 1.61. The Morgan fingerprint density at radius 1 is 1.24 bits per heavy atom. The molecule has 1 unspecified atom stereocenters. The fourth-order valence-electron chi connectivity index (χ4n) is 2.69. The summed E-state index contributed by atoms with van der Waals surface area (Å²) in [5, 5.41) is 7.89. The molecule has 1 heterocycles. The molecule has 1 aromatic carbocycles. The topological polar surface area (TPSA) is 48.3 Å². The van der Waals surface area contributed by atoms with Crippen molar-refractivity contribution in [3.8, 4) is 11.5 Å². The minimum absolute atomic E-state index is 0.0280. The number of rotatable bonds is 6. The molecule has 5 nitrogen and oxygen atoms in total. The van der Waals surface area contributed by atoms with Crippen LogP contribution in [0.15, 0.2) is 24.4 Å². The summed E-state index contributed by atoms with van der Waals surface area (Å²) in [4.78, 5) is 0. The van der Waals surface area contributed by atoms with Crippen LogP contribution in [0.1, 0.15) is 29.8 Å². The molecule has 0 amide bonds. The molecule has 2 aromatic rings. The molecule has 0 aliphatic heterocycles. The number of aromatic nitrogens is 2.